The van der Waals surface area contributed by atoms with Gasteiger partial charge in [0, 0.05) is 5.56 Å². The second kappa shape index (κ2) is 7.61. The SMILES string of the molecule is CCOc1ccc(-c2ccc(C3=CCC(C)(CC)CC3)cc2)c(F)c1F. The van der Waals surface area contributed by atoms with Crippen LogP contribution in [0.4, 0.5) is 8.78 Å². The Hall–Kier alpha value is -2.16. The molecule has 138 valence electrons. The van der Waals surface area contributed by atoms with E-state index >= 15 is 0 Å². The van der Waals surface area contributed by atoms with Crippen molar-refractivity contribution < 1.29 is 13.5 Å². The van der Waals surface area contributed by atoms with E-state index < -0.39 is 11.6 Å². The number of benzene rings is 2. The molecular weight excluding hydrogens is 330 g/mol. The van der Waals surface area contributed by atoms with Crippen LogP contribution >= 0.6 is 0 Å². The standard InChI is InChI=1S/C23H26F2O/c1-4-23(3)14-12-17(13-15-23)16-6-8-18(9-7-16)19-10-11-20(26-5-2)22(25)21(19)24/h6-12H,4-5,13-15H2,1-3H3. The van der Waals surface area contributed by atoms with Crippen molar-refractivity contribution in [2.75, 3.05) is 6.61 Å². The molecule has 1 nitrogen and oxygen atoms in total. The summed E-state index contributed by atoms with van der Waals surface area (Å²) in [7, 11) is 0. The van der Waals surface area contributed by atoms with E-state index in [1.165, 1.54) is 30.0 Å². The Morgan fingerprint density at radius 3 is 2.23 bits per heavy atom. The topological polar surface area (TPSA) is 9.23 Å². The molecule has 26 heavy (non-hydrogen) atoms. The molecule has 3 rings (SSSR count). The Kier molecular flexibility index (Phi) is 5.45. The molecule has 0 aliphatic heterocycles. The molecule has 0 heterocycles. The van der Waals surface area contributed by atoms with Crippen molar-refractivity contribution in [3.8, 4) is 16.9 Å². The van der Waals surface area contributed by atoms with E-state index in [4.69, 9.17) is 4.74 Å². The first kappa shape index (κ1) is 18.6. The minimum absolute atomic E-state index is 0.0447. The fourth-order valence-electron chi connectivity index (χ4n) is 3.48. The molecular formula is C23H26F2O. The molecule has 0 saturated carbocycles. The molecule has 0 aromatic heterocycles. The van der Waals surface area contributed by atoms with Crippen LogP contribution < -0.4 is 4.74 Å². The smallest absolute Gasteiger partial charge is 0.201 e. The second-order valence-electron chi connectivity index (χ2n) is 7.35. The lowest BCUT2D eigenvalue weighted by Gasteiger charge is -2.32. The molecule has 1 aliphatic rings. The predicted molar refractivity (Wildman–Crippen MR) is 103 cm³/mol. The quantitative estimate of drug-likeness (QED) is 0.559. The van der Waals surface area contributed by atoms with E-state index in [-0.39, 0.29) is 11.3 Å². The van der Waals surface area contributed by atoms with Crippen molar-refractivity contribution in [2.45, 2.75) is 46.5 Å². The van der Waals surface area contributed by atoms with Crippen LogP contribution in [0.15, 0.2) is 42.5 Å². The fraction of sp³-hybridized carbons (Fsp3) is 0.391. The predicted octanol–water partition coefficient (Wildman–Crippen LogP) is 7.01. The molecule has 1 aliphatic carbocycles. The Labute approximate surface area is 154 Å². The molecule has 0 amide bonds. The highest BCUT2D eigenvalue weighted by Gasteiger charge is 2.25. The first-order valence-electron chi connectivity index (χ1n) is 9.38. The molecule has 1 atom stereocenters. The lowest BCUT2D eigenvalue weighted by molar-refractivity contribution is 0.284. The number of halogens is 2. The zero-order valence-corrected chi connectivity index (χ0v) is 15.7. The molecule has 1 unspecified atom stereocenters. The van der Waals surface area contributed by atoms with Gasteiger partial charge in [-0.2, -0.15) is 4.39 Å². The summed E-state index contributed by atoms with van der Waals surface area (Å²) < 4.78 is 33.6. The Morgan fingerprint density at radius 1 is 0.962 bits per heavy atom. The number of allylic oxidation sites excluding steroid dienone is 2. The molecule has 0 radical (unpaired) electrons. The van der Waals surface area contributed by atoms with Gasteiger partial charge in [-0.3, -0.25) is 0 Å². The molecule has 0 spiro atoms. The maximum atomic E-state index is 14.4. The highest BCUT2D eigenvalue weighted by molar-refractivity contribution is 5.71. The minimum Gasteiger partial charge on any atom is -0.491 e. The Bertz CT molecular complexity index is 808. The van der Waals surface area contributed by atoms with Crippen LogP contribution in [0.1, 0.15) is 52.0 Å². The van der Waals surface area contributed by atoms with E-state index in [1.54, 1.807) is 13.0 Å². The lowest BCUT2D eigenvalue weighted by Crippen LogP contribution is -2.17. The summed E-state index contributed by atoms with van der Waals surface area (Å²) in [6, 6.07) is 10.8. The van der Waals surface area contributed by atoms with Gasteiger partial charge in [0.15, 0.2) is 11.6 Å². The van der Waals surface area contributed by atoms with E-state index in [2.05, 4.69) is 19.9 Å². The summed E-state index contributed by atoms with van der Waals surface area (Å²) >= 11 is 0. The van der Waals surface area contributed by atoms with Gasteiger partial charge < -0.3 is 4.74 Å². The summed E-state index contributed by atoms with van der Waals surface area (Å²) in [6.45, 7) is 6.63. The molecule has 2 aromatic rings. The summed E-state index contributed by atoms with van der Waals surface area (Å²) in [4.78, 5) is 0. The second-order valence-corrected chi connectivity index (χ2v) is 7.35. The highest BCUT2D eigenvalue weighted by Crippen LogP contribution is 2.41. The third kappa shape index (κ3) is 3.67. The van der Waals surface area contributed by atoms with Crippen LogP contribution in [0.25, 0.3) is 16.7 Å². The largest absolute Gasteiger partial charge is 0.491 e. The van der Waals surface area contributed by atoms with Crippen molar-refractivity contribution in [2.24, 2.45) is 5.41 Å². The normalized spacial score (nSPS) is 20.0. The number of hydrogen-bond acceptors (Lipinski definition) is 1. The average molecular weight is 356 g/mol. The van der Waals surface area contributed by atoms with Gasteiger partial charge in [0.2, 0.25) is 5.82 Å². The molecule has 3 heteroatoms. The first-order chi connectivity index (χ1) is 12.5. The van der Waals surface area contributed by atoms with Gasteiger partial charge in [0.05, 0.1) is 6.61 Å². The number of ether oxygens (including phenoxy) is 1. The van der Waals surface area contributed by atoms with Gasteiger partial charge in [-0.25, -0.2) is 4.39 Å². The van der Waals surface area contributed by atoms with Gasteiger partial charge in [-0.05, 0) is 60.4 Å². The van der Waals surface area contributed by atoms with E-state index in [0.29, 0.717) is 17.6 Å². The van der Waals surface area contributed by atoms with Crippen molar-refractivity contribution in [1.29, 1.82) is 0 Å². The molecule has 2 aromatic carbocycles. The monoisotopic (exact) mass is 356 g/mol. The third-order valence-electron chi connectivity index (χ3n) is 5.61. The summed E-state index contributed by atoms with van der Waals surface area (Å²) in [5.74, 6) is -1.83. The molecule has 0 N–H and O–H groups in total. The lowest BCUT2D eigenvalue weighted by atomic mass is 9.74. The summed E-state index contributed by atoms with van der Waals surface area (Å²) in [5.41, 5.74) is 3.85. The van der Waals surface area contributed by atoms with Crippen LogP contribution in [0.2, 0.25) is 0 Å². The van der Waals surface area contributed by atoms with Gasteiger partial charge in [0.1, 0.15) is 0 Å². The van der Waals surface area contributed by atoms with Gasteiger partial charge in [-0.1, -0.05) is 50.6 Å². The van der Waals surface area contributed by atoms with Crippen molar-refractivity contribution in [3.05, 3.63) is 59.7 Å². The van der Waals surface area contributed by atoms with Gasteiger partial charge in [0.25, 0.3) is 0 Å². The van der Waals surface area contributed by atoms with E-state index in [9.17, 15) is 8.78 Å². The zero-order chi connectivity index (χ0) is 18.7. The summed E-state index contributed by atoms with van der Waals surface area (Å²) in [6.07, 6.45) is 6.88. The third-order valence-corrected chi connectivity index (χ3v) is 5.61. The zero-order valence-electron chi connectivity index (χ0n) is 15.7. The maximum absolute atomic E-state index is 14.4. The van der Waals surface area contributed by atoms with Crippen LogP contribution in [-0.4, -0.2) is 6.61 Å². The Balaban J connectivity index is 1.84. The molecule has 0 fully saturated rings. The van der Waals surface area contributed by atoms with Crippen molar-refractivity contribution in [1.82, 2.24) is 0 Å². The van der Waals surface area contributed by atoms with Crippen molar-refractivity contribution in [3.63, 3.8) is 0 Å². The van der Waals surface area contributed by atoms with Crippen LogP contribution in [-0.2, 0) is 0 Å². The van der Waals surface area contributed by atoms with Crippen molar-refractivity contribution >= 4 is 5.57 Å². The highest BCUT2D eigenvalue weighted by atomic mass is 19.2. The van der Waals surface area contributed by atoms with E-state index in [1.807, 2.05) is 24.3 Å². The maximum Gasteiger partial charge on any atom is 0.201 e. The molecule has 0 saturated heterocycles. The van der Waals surface area contributed by atoms with E-state index in [0.717, 1.165) is 12.8 Å². The van der Waals surface area contributed by atoms with Crippen LogP contribution in [0.5, 0.6) is 5.75 Å². The van der Waals surface area contributed by atoms with Crippen LogP contribution in [0, 0.1) is 17.0 Å². The van der Waals surface area contributed by atoms with Gasteiger partial charge in [-0.15, -0.1) is 0 Å². The summed E-state index contributed by atoms with van der Waals surface area (Å²) in [5, 5.41) is 0. The van der Waals surface area contributed by atoms with Gasteiger partial charge >= 0.3 is 0 Å². The first-order valence-corrected chi connectivity index (χ1v) is 9.38. The Morgan fingerprint density at radius 2 is 1.65 bits per heavy atom. The van der Waals surface area contributed by atoms with Crippen LogP contribution in [0.3, 0.4) is 0 Å². The average Bonchev–Trinajstić information content (AvgIpc) is 2.67. The number of rotatable bonds is 5. The fourth-order valence-corrected chi connectivity index (χ4v) is 3.48. The number of hydrogen-bond donors (Lipinski definition) is 0. The molecule has 0 bridgehead atoms. The minimum atomic E-state index is -0.928.